The summed E-state index contributed by atoms with van der Waals surface area (Å²) < 4.78 is 31.4. The second-order valence-corrected chi connectivity index (χ2v) is 7.15. The highest BCUT2D eigenvalue weighted by molar-refractivity contribution is 7.89. The smallest absolute Gasteiger partial charge is 0.211 e. The van der Waals surface area contributed by atoms with Gasteiger partial charge in [0.15, 0.2) is 0 Å². The fourth-order valence-corrected chi connectivity index (χ4v) is 3.38. The molecule has 0 aromatic heterocycles. The molecule has 1 aliphatic carbocycles. The molecule has 1 fully saturated rings. The molecule has 0 aromatic carbocycles. The van der Waals surface area contributed by atoms with Crippen LogP contribution in [0, 0.1) is 0 Å². The third kappa shape index (κ3) is 6.13. The number of nitrogens with one attached hydrogen (secondary N) is 2. The molecule has 1 rings (SSSR count). The zero-order chi connectivity index (χ0) is 13.6. The van der Waals surface area contributed by atoms with Crippen molar-refractivity contribution in [3.63, 3.8) is 0 Å². The Morgan fingerprint density at radius 1 is 1.28 bits per heavy atom. The number of hydrogen-bond donors (Lipinski definition) is 2. The summed E-state index contributed by atoms with van der Waals surface area (Å²) in [6.07, 6.45) is 3.42. The van der Waals surface area contributed by atoms with Crippen LogP contribution in [0.15, 0.2) is 0 Å². The van der Waals surface area contributed by atoms with Crippen molar-refractivity contribution in [2.24, 2.45) is 0 Å². The highest BCUT2D eigenvalue weighted by atomic mass is 32.2. The molecule has 1 saturated carbocycles. The van der Waals surface area contributed by atoms with Crippen LogP contribution in [0.3, 0.4) is 0 Å². The molecule has 108 valence electrons. The van der Waals surface area contributed by atoms with Crippen molar-refractivity contribution in [3.8, 4) is 0 Å². The van der Waals surface area contributed by atoms with Crippen LogP contribution in [0.4, 0.5) is 0 Å². The third-order valence-corrected chi connectivity index (χ3v) is 4.69. The Morgan fingerprint density at radius 2 is 1.94 bits per heavy atom. The Hall–Kier alpha value is -0.170. The second-order valence-electron chi connectivity index (χ2n) is 5.28. The van der Waals surface area contributed by atoms with Gasteiger partial charge in [-0.1, -0.05) is 13.8 Å². The predicted octanol–water partition coefficient (Wildman–Crippen LogP) is 0.861. The molecule has 1 aliphatic rings. The molecule has 0 saturated heterocycles. The van der Waals surface area contributed by atoms with Gasteiger partial charge in [-0.15, -0.1) is 0 Å². The Labute approximate surface area is 111 Å². The average molecular weight is 278 g/mol. The highest BCUT2D eigenvalue weighted by Gasteiger charge is 2.31. The molecule has 0 amide bonds. The minimum Gasteiger partial charge on any atom is -0.381 e. The highest BCUT2D eigenvalue weighted by Crippen LogP contribution is 2.23. The number of methoxy groups -OCH3 is 1. The van der Waals surface area contributed by atoms with Crippen molar-refractivity contribution >= 4 is 10.0 Å². The van der Waals surface area contributed by atoms with E-state index in [2.05, 4.69) is 23.9 Å². The molecule has 5 nitrogen and oxygen atoms in total. The van der Waals surface area contributed by atoms with Crippen LogP contribution in [-0.4, -0.2) is 46.0 Å². The summed E-state index contributed by atoms with van der Waals surface area (Å²) >= 11 is 0. The van der Waals surface area contributed by atoms with Crippen molar-refractivity contribution in [1.29, 1.82) is 0 Å². The van der Waals surface area contributed by atoms with Gasteiger partial charge in [0, 0.05) is 19.2 Å². The molecule has 0 bridgehead atoms. The van der Waals surface area contributed by atoms with E-state index in [4.69, 9.17) is 4.74 Å². The van der Waals surface area contributed by atoms with Gasteiger partial charge in [0.25, 0.3) is 0 Å². The summed E-state index contributed by atoms with van der Waals surface area (Å²) in [6, 6.07) is 0.537. The van der Waals surface area contributed by atoms with E-state index < -0.39 is 10.0 Å². The van der Waals surface area contributed by atoms with Crippen molar-refractivity contribution < 1.29 is 13.2 Å². The normalized spacial score (nSPS) is 24.2. The maximum atomic E-state index is 11.8. The van der Waals surface area contributed by atoms with E-state index in [1.165, 1.54) is 0 Å². The molecule has 0 unspecified atom stereocenters. The maximum Gasteiger partial charge on any atom is 0.211 e. The third-order valence-electron chi connectivity index (χ3n) is 3.17. The van der Waals surface area contributed by atoms with Gasteiger partial charge in [-0.25, -0.2) is 13.1 Å². The van der Waals surface area contributed by atoms with Crippen molar-refractivity contribution in [2.75, 3.05) is 19.4 Å². The first kappa shape index (κ1) is 15.9. The van der Waals surface area contributed by atoms with Crippen LogP contribution in [0.1, 0.15) is 39.5 Å². The Bertz CT molecular complexity index is 324. The van der Waals surface area contributed by atoms with Crippen LogP contribution >= 0.6 is 0 Å². The van der Waals surface area contributed by atoms with Crippen LogP contribution in [0.25, 0.3) is 0 Å². The fraction of sp³-hybridized carbons (Fsp3) is 1.00. The lowest BCUT2D eigenvalue weighted by Crippen LogP contribution is -2.48. The van der Waals surface area contributed by atoms with Crippen LogP contribution < -0.4 is 10.0 Å². The maximum absolute atomic E-state index is 11.8. The van der Waals surface area contributed by atoms with Gasteiger partial charge in [0.2, 0.25) is 10.0 Å². The predicted molar refractivity (Wildman–Crippen MR) is 73.1 cm³/mol. The van der Waals surface area contributed by atoms with E-state index >= 15 is 0 Å². The lowest BCUT2D eigenvalue weighted by atomic mass is 9.90. The first-order valence-corrected chi connectivity index (χ1v) is 8.34. The lowest BCUT2D eigenvalue weighted by molar-refractivity contribution is 0.0236. The van der Waals surface area contributed by atoms with Crippen molar-refractivity contribution in [3.05, 3.63) is 0 Å². The molecule has 2 N–H and O–H groups in total. The topological polar surface area (TPSA) is 67.4 Å². The van der Waals surface area contributed by atoms with Gasteiger partial charge in [-0.2, -0.15) is 0 Å². The average Bonchev–Trinajstić information content (AvgIpc) is 2.21. The van der Waals surface area contributed by atoms with Crippen LogP contribution in [-0.2, 0) is 14.8 Å². The van der Waals surface area contributed by atoms with Crippen LogP contribution in [0.5, 0.6) is 0 Å². The largest absolute Gasteiger partial charge is 0.381 e. The summed E-state index contributed by atoms with van der Waals surface area (Å²) in [4.78, 5) is 0. The molecule has 0 spiro atoms. The van der Waals surface area contributed by atoms with Crippen LogP contribution in [0.2, 0.25) is 0 Å². The van der Waals surface area contributed by atoms with Gasteiger partial charge in [0.05, 0.1) is 11.9 Å². The first-order valence-electron chi connectivity index (χ1n) is 6.69. The van der Waals surface area contributed by atoms with E-state index in [1.54, 1.807) is 7.11 Å². The van der Waals surface area contributed by atoms with E-state index in [0.717, 1.165) is 25.8 Å². The summed E-state index contributed by atoms with van der Waals surface area (Å²) in [5, 5.41) is 3.28. The number of rotatable bonds is 9. The SMILES string of the molecule is COC1CC(NS(=O)(=O)CCCCNC(C)C)C1. The summed E-state index contributed by atoms with van der Waals surface area (Å²) in [5.74, 6) is 0.223. The zero-order valence-electron chi connectivity index (χ0n) is 11.6. The van der Waals surface area contributed by atoms with Crippen molar-refractivity contribution in [2.45, 2.75) is 57.7 Å². The number of sulfonamides is 1. The van der Waals surface area contributed by atoms with Gasteiger partial charge < -0.3 is 10.1 Å². The van der Waals surface area contributed by atoms with E-state index in [1.807, 2.05) is 0 Å². The Morgan fingerprint density at radius 3 is 2.50 bits per heavy atom. The van der Waals surface area contributed by atoms with Gasteiger partial charge >= 0.3 is 0 Å². The molecule has 0 aromatic rings. The van der Waals surface area contributed by atoms with E-state index in [-0.39, 0.29) is 17.9 Å². The van der Waals surface area contributed by atoms with Gasteiger partial charge in [-0.3, -0.25) is 0 Å². The van der Waals surface area contributed by atoms with Gasteiger partial charge in [-0.05, 0) is 32.2 Å². The molecular weight excluding hydrogens is 252 g/mol. The van der Waals surface area contributed by atoms with E-state index in [0.29, 0.717) is 12.5 Å². The number of ether oxygens (including phenoxy) is 1. The molecule has 0 atom stereocenters. The first-order chi connectivity index (χ1) is 8.43. The molecule has 0 heterocycles. The molecule has 6 heteroatoms. The lowest BCUT2D eigenvalue weighted by Gasteiger charge is -2.34. The summed E-state index contributed by atoms with van der Waals surface area (Å²) in [5.41, 5.74) is 0. The minimum absolute atomic E-state index is 0.0775. The minimum atomic E-state index is -3.11. The number of hydrogen-bond acceptors (Lipinski definition) is 4. The molecule has 0 aliphatic heterocycles. The van der Waals surface area contributed by atoms with Crippen molar-refractivity contribution in [1.82, 2.24) is 10.0 Å². The quantitative estimate of drug-likeness (QED) is 0.614. The molecular formula is C12H26N2O3S. The molecule has 18 heavy (non-hydrogen) atoms. The molecule has 0 radical (unpaired) electrons. The zero-order valence-corrected chi connectivity index (χ0v) is 12.4. The Balaban J connectivity index is 2.09. The van der Waals surface area contributed by atoms with Gasteiger partial charge in [0.1, 0.15) is 0 Å². The summed E-state index contributed by atoms with van der Waals surface area (Å²) in [7, 11) is -1.44. The second kappa shape index (κ2) is 7.43. The monoisotopic (exact) mass is 278 g/mol. The number of unbranched alkanes of at least 4 members (excludes halogenated alkanes) is 1. The summed E-state index contributed by atoms with van der Waals surface area (Å²) in [6.45, 7) is 5.05. The van der Waals surface area contributed by atoms with E-state index in [9.17, 15) is 8.42 Å². The Kier molecular flexibility index (Phi) is 6.55. The fourth-order valence-electron chi connectivity index (χ4n) is 1.97. The standard InChI is InChI=1S/C12H26N2O3S/c1-10(2)13-6-4-5-7-18(15,16)14-11-8-12(9-11)17-3/h10-14H,4-9H2,1-3H3.